The minimum Gasteiger partial charge on any atom is -0.490 e. The van der Waals surface area contributed by atoms with Crippen LogP contribution in [0.1, 0.15) is 27.8 Å². The first-order chi connectivity index (χ1) is 18.7. The Hall–Kier alpha value is -3.59. The normalized spacial score (nSPS) is 15.8. The van der Waals surface area contributed by atoms with Crippen LogP contribution in [0.5, 0.6) is 11.5 Å². The average molecular weight is 580 g/mol. The molecule has 39 heavy (non-hydrogen) atoms. The zero-order valence-electron chi connectivity index (χ0n) is 21.4. The number of thioether (sulfide) groups is 1. The van der Waals surface area contributed by atoms with Crippen LogP contribution in [0.2, 0.25) is 10.0 Å². The van der Waals surface area contributed by atoms with Crippen molar-refractivity contribution < 1.29 is 14.3 Å². The Morgan fingerprint density at radius 2 is 1.64 bits per heavy atom. The highest BCUT2D eigenvalue weighted by Crippen LogP contribution is 2.36. The molecule has 0 radical (unpaired) electrons. The fourth-order valence-corrected chi connectivity index (χ4v) is 5.39. The highest BCUT2D eigenvalue weighted by Gasteiger charge is 2.36. The molecule has 0 saturated heterocycles. The van der Waals surface area contributed by atoms with Crippen molar-refractivity contribution in [2.75, 3.05) is 13.2 Å². The molecule has 0 unspecified atom stereocenters. The van der Waals surface area contributed by atoms with Gasteiger partial charge < -0.3 is 9.47 Å². The van der Waals surface area contributed by atoms with Gasteiger partial charge in [-0.05, 0) is 79.6 Å². The number of nitrogens with one attached hydrogen (secondary N) is 1. The number of hydrogen-bond acceptors (Lipinski definition) is 6. The van der Waals surface area contributed by atoms with Crippen LogP contribution < -0.4 is 9.47 Å². The monoisotopic (exact) mass is 578 g/mol. The van der Waals surface area contributed by atoms with E-state index in [9.17, 15) is 4.79 Å². The number of halogens is 2. The van der Waals surface area contributed by atoms with Crippen LogP contribution in [-0.2, 0) is 4.79 Å². The number of hydrazone groups is 1. The number of nitrogens with zero attached hydrogens (tertiary/aromatic N) is 3. The van der Waals surface area contributed by atoms with E-state index in [0.29, 0.717) is 28.1 Å². The Kier molecular flexibility index (Phi) is 7.79. The van der Waals surface area contributed by atoms with Crippen molar-refractivity contribution in [3.63, 3.8) is 0 Å². The Bertz CT molecular complexity index is 1560. The van der Waals surface area contributed by atoms with Crippen LogP contribution in [0, 0.1) is 26.2 Å². The van der Waals surface area contributed by atoms with E-state index >= 15 is 0 Å². The van der Waals surface area contributed by atoms with Gasteiger partial charge in [0.15, 0.2) is 11.6 Å². The van der Waals surface area contributed by atoms with Gasteiger partial charge in [-0.25, -0.2) is 0 Å². The van der Waals surface area contributed by atoms with E-state index in [4.69, 9.17) is 38.1 Å². The number of hydrogen-bond donors (Lipinski definition) is 1. The molecule has 0 fully saturated rings. The highest BCUT2D eigenvalue weighted by molar-refractivity contribution is 8.27. The summed E-state index contributed by atoms with van der Waals surface area (Å²) in [4.78, 5) is 17.0. The van der Waals surface area contributed by atoms with E-state index in [0.717, 1.165) is 22.4 Å². The van der Waals surface area contributed by atoms with Crippen LogP contribution in [0.15, 0.2) is 70.3 Å². The Labute approximate surface area is 240 Å². The molecule has 7 nitrogen and oxygen atoms in total. The molecule has 5 rings (SSSR count). The van der Waals surface area contributed by atoms with E-state index in [-0.39, 0.29) is 28.1 Å². The van der Waals surface area contributed by atoms with E-state index in [1.165, 1.54) is 28.4 Å². The molecule has 0 aliphatic carbocycles. The van der Waals surface area contributed by atoms with Gasteiger partial charge >= 0.3 is 0 Å². The van der Waals surface area contributed by atoms with Crippen LogP contribution in [-0.4, -0.2) is 40.2 Å². The summed E-state index contributed by atoms with van der Waals surface area (Å²) in [5.41, 5.74) is 4.98. The Morgan fingerprint density at radius 1 is 0.949 bits per heavy atom. The molecule has 0 aromatic heterocycles. The second kappa shape index (κ2) is 11.3. The maximum atomic E-state index is 12.8. The summed E-state index contributed by atoms with van der Waals surface area (Å²) in [7, 11) is 0. The zero-order chi connectivity index (χ0) is 27.7. The molecule has 2 aliphatic rings. The van der Waals surface area contributed by atoms with Gasteiger partial charge in [0.05, 0.1) is 15.6 Å². The third-order valence-electron chi connectivity index (χ3n) is 6.16. The first-order valence-electron chi connectivity index (χ1n) is 12.1. The fourth-order valence-electron chi connectivity index (χ4n) is 3.88. The molecule has 3 aromatic carbocycles. The Balaban J connectivity index is 1.28. The van der Waals surface area contributed by atoms with E-state index in [2.05, 4.69) is 10.1 Å². The van der Waals surface area contributed by atoms with Gasteiger partial charge in [0.1, 0.15) is 24.0 Å². The largest absolute Gasteiger partial charge is 0.490 e. The maximum Gasteiger partial charge on any atom is 0.283 e. The second-order valence-corrected chi connectivity index (χ2v) is 10.8. The molecule has 0 spiro atoms. The summed E-state index contributed by atoms with van der Waals surface area (Å²) < 4.78 is 11.5. The number of carbonyl (C=O) groups is 1. The minimum absolute atomic E-state index is 0.0734. The lowest BCUT2D eigenvalue weighted by atomic mass is 10.1. The summed E-state index contributed by atoms with van der Waals surface area (Å²) in [5.74, 6) is 0.474. The van der Waals surface area contributed by atoms with Crippen LogP contribution >= 0.6 is 35.0 Å². The predicted molar refractivity (Wildman–Crippen MR) is 159 cm³/mol. The van der Waals surface area contributed by atoms with Gasteiger partial charge in [0, 0.05) is 5.56 Å². The smallest absolute Gasteiger partial charge is 0.283 e. The second-order valence-electron chi connectivity index (χ2n) is 9.05. The number of aryl methyl sites for hydroxylation is 3. The summed E-state index contributed by atoms with van der Waals surface area (Å²) in [6, 6.07) is 17.0. The molecule has 1 amide bonds. The molecule has 0 bridgehead atoms. The third-order valence-corrected chi connectivity index (χ3v) is 7.68. The first kappa shape index (κ1) is 27.0. The van der Waals surface area contributed by atoms with Gasteiger partial charge in [0.2, 0.25) is 5.17 Å². The Morgan fingerprint density at radius 3 is 2.33 bits per heavy atom. The summed E-state index contributed by atoms with van der Waals surface area (Å²) >= 11 is 14.2. The number of amides is 1. The highest BCUT2D eigenvalue weighted by atomic mass is 35.5. The molecule has 2 aliphatic heterocycles. The van der Waals surface area contributed by atoms with Crippen LogP contribution in [0.25, 0.3) is 6.08 Å². The molecular weight excluding hydrogens is 555 g/mol. The van der Waals surface area contributed by atoms with Crippen molar-refractivity contribution >= 4 is 63.0 Å². The SMILES string of the molecule is Cc1ccc(C2=NN3C(=N)/C(=C\c4cc(Cl)c(OCCOc5ccc(C)c(C)c5)c(Cl)c4)C(=O)N=C3S2)cc1. The molecule has 0 saturated carbocycles. The number of rotatable bonds is 7. The van der Waals surface area contributed by atoms with Gasteiger partial charge in [-0.1, -0.05) is 59.1 Å². The van der Waals surface area contributed by atoms with E-state index in [1.807, 2.05) is 63.2 Å². The maximum absolute atomic E-state index is 12.8. The molecule has 198 valence electrons. The summed E-state index contributed by atoms with van der Waals surface area (Å²) in [5, 5.41) is 16.1. The van der Waals surface area contributed by atoms with Crippen molar-refractivity contribution in [2.24, 2.45) is 10.1 Å². The van der Waals surface area contributed by atoms with Crippen molar-refractivity contribution in [3.8, 4) is 11.5 Å². The van der Waals surface area contributed by atoms with Crippen molar-refractivity contribution in [3.05, 3.63) is 98.0 Å². The number of benzene rings is 3. The quantitative estimate of drug-likeness (QED) is 0.240. The van der Waals surface area contributed by atoms with Crippen molar-refractivity contribution in [1.29, 1.82) is 5.41 Å². The van der Waals surface area contributed by atoms with Gasteiger partial charge in [-0.3, -0.25) is 10.2 Å². The minimum atomic E-state index is -0.532. The first-order valence-corrected chi connectivity index (χ1v) is 13.7. The number of ether oxygens (including phenoxy) is 2. The third kappa shape index (κ3) is 5.88. The number of carbonyl (C=O) groups excluding carboxylic acids is 1. The van der Waals surface area contributed by atoms with Gasteiger partial charge in [0.25, 0.3) is 5.91 Å². The summed E-state index contributed by atoms with van der Waals surface area (Å²) in [6.07, 6.45) is 1.53. The predicted octanol–water partition coefficient (Wildman–Crippen LogP) is 7.04. The number of aliphatic imine (C=N–C) groups is 1. The van der Waals surface area contributed by atoms with Gasteiger partial charge in [-0.2, -0.15) is 15.1 Å². The lowest BCUT2D eigenvalue weighted by Crippen LogP contribution is -2.35. The van der Waals surface area contributed by atoms with E-state index in [1.54, 1.807) is 12.1 Å². The number of amidine groups is 2. The number of fused-ring (bicyclic) bond motifs is 1. The van der Waals surface area contributed by atoms with E-state index < -0.39 is 5.91 Å². The lowest BCUT2D eigenvalue weighted by Gasteiger charge is -2.20. The average Bonchev–Trinajstić information content (AvgIpc) is 3.32. The fraction of sp³-hybridized carbons (Fsp3) is 0.172. The van der Waals surface area contributed by atoms with Crippen molar-refractivity contribution in [2.45, 2.75) is 20.8 Å². The topological polar surface area (TPSA) is 87.3 Å². The molecule has 0 atom stereocenters. The standard InChI is InChI=1S/C29H24Cl2N4O3S/c1-16-4-7-20(8-5-16)28-34-35-26(32)22(27(36)33-29(35)39-28)13-19-14-23(30)25(24(31)15-19)38-11-10-37-21-9-6-17(2)18(3)12-21/h4-9,12-15,32H,10-11H2,1-3H3/b22-13+,32-26?. The molecular formula is C29H24Cl2N4O3S. The van der Waals surface area contributed by atoms with Crippen molar-refractivity contribution in [1.82, 2.24) is 5.01 Å². The lowest BCUT2D eigenvalue weighted by molar-refractivity contribution is -0.114. The molecule has 3 aromatic rings. The summed E-state index contributed by atoms with van der Waals surface area (Å²) in [6.45, 7) is 6.63. The van der Waals surface area contributed by atoms with Crippen LogP contribution in [0.3, 0.4) is 0 Å². The van der Waals surface area contributed by atoms with Gasteiger partial charge in [-0.15, -0.1) is 0 Å². The molecule has 1 N–H and O–H groups in total. The van der Waals surface area contributed by atoms with Crippen LogP contribution in [0.4, 0.5) is 0 Å². The molecule has 2 heterocycles. The molecule has 10 heteroatoms. The zero-order valence-corrected chi connectivity index (χ0v) is 23.7.